The predicted octanol–water partition coefficient (Wildman–Crippen LogP) is 2.72. The molecule has 0 aliphatic rings. The molecular weight excluding hydrogens is 306 g/mol. The number of aliphatic hydroxyl groups is 1. The van der Waals surface area contributed by atoms with Crippen LogP contribution in [0.4, 0.5) is 0 Å². The van der Waals surface area contributed by atoms with E-state index in [0.29, 0.717) is 0 Å². The van der Waals surface area contributed by atoms with Crippen molar-refractivity contribution in [3.63, 3.8) is 0 Å². The second-order valence-electron chi connectivity index (χ2n) is 6.28. The molecule has 2 N–H and O–H groups in total. The summed E-state index contributed by atoms with van der Waals surface area (Å²) in [5, 5.41) is 15.2. The van der Waals surface area contributed by atoms with Crippen LogP contribution in [0.15, 0.2) is 42.5 Å². The minimum Gasteiger partial charge on any atom is -0.469 e. The SMILES string of the molecule is COC(=O)C[C@@](C)(O)CC(=O)N[C@@H](C)c1cccc2ccccc12. The maximum Gasteiger partial charge on any atom is 0.308 e. The van der Waals surface area contributed by atoms with Gasteiger partial charge < -0.3 is 15.2 Å². The first-order valence-electron chi connectivity index (χ1n) is 7.88. The molecule has 0 aliphatic heterocycles. The maximum atomic E-state index is 12.2. The minimum absolute atomic E-state index is 0.169. The average Bonchev–Trinajstić information content (AvgIpc) is 2.52. The molecular formula is C19H23NO4. The smallest absolute Gasteiger partial charge is 0.308 e. The first kappa shape index (κ1) is 17.9. The third kappa shape index (κ3) is 4.55. The van der Waals surface area contributed by atoms with Crippen LogP contribution >= 0.6 is 0 Å². The van der Waals surface area contributed by atoms with Gasteiger partial charge in [-0.1, -0.05) is 42.5 Å². The van der Waals surface area contributed by atoms with Crippen LogP contribution in [-0.4, -0.2) is 29.7 Å². The van der Waals surface area contributed by atoms with E-state index in [-0.39, 0.29) is 24.8 Å². The standard InChI is InChI=1S/C19H23NO4/c1-13(15-10-6-8-14-7-4-5-9-16(14)15)20-17(21)11-19(2,23)12-18(22)24-3/h4-10,13,23H,11-12H2,1-3H3,(H,20,21)/t13-,19-/m0/s1. The van der Waals surface area contributed by atoms with Crippen LogP contribution in [0.3, 0.4) is 0 Å². The molecule has 128 valence electrons. The number of hydrogen-bond donors (Lipinski definition) is 2. The zero-order chi connectivity index (χ0) is 17.7. The number of esters is 1. The molecule has 0 unspecified atom stereocenters. The number of benzene rings is 2. The molecule has 1 amide bonds. The molecule has 0 heterocycles. The Morgan fingerprint density at radius 3 is 2.54 bits per heavy atom. The van der Waals surface area contributed by atoms with Gasteiger partial charge in [-0.25, -0.2) is 0 Å². The van der Waals surface area contributed by atoms with Crippen LogP contribution in [0.5, 0.6) is 0 Å². The molecule has 2 aromatic carbocycles. The number of carbonyl (C=O) groups excluding carboxylic acids is 2. The molecule has 0 saturated carbocycles. The lowest BCUT2D eigenvalue weighted by molar-refractivity contribution is -0.146. The molecule has 2 aromatic rings. The van der Waals surface area contributed by atoms with E-state index in [0.717, 1.165) is 16.3 Å². The van der Waals surface area contributed by atoms with E-state index in [1.54, 1.807) is 0 Å². The fourth-order valence-corrected chi connectivity index (χ4v) is 2.79. The monoisotopic (exact) mass is 329 g/mol. The van der Waals surface area contributed by atoms with Gasteiger partial charge in [-0.2, -0.15) is 0 Å². The van der Waals surface area contributed by atoms with Crippen molar-refractivity contribution in [2.75, 3.05) is 7.11 Å². The van der Waals surface area contributed by atoms with Crippen LogP contribution in [0.1, 0.15) is 38.3 Å². The van der Waals surface area contributed by atoms with E-state index in [4.69, 9.17) is 0 Å². The van der Waals surface area contributed by atoms with Gasteiger partial charge in [-0.3, -0.25) is 9.59 Å². The van der Waals surface area contributed by atoms with Crippen molar-refractivity contribution in [1.29, 1.82) is 0 Å². The predicted molar refractivity (Wildman–Crippen MR) is 92.4 cm³/mol. The number of rotatable bonds is 6. The Bertz CT molecular complexity index is 734. The van der Waals surface area contributed by atoms with Crippen molar-refractivity contribution in [3.05, 3.63) is 48.0 Å². The van der Waals surface area contributed by atoms with Gasteiger partial charge in [0, 0.05) is 0 Å². The highest BCUT2D eigenvalue weighted by Gasteiger charge is 2.28. The lowest BCUT2D eigenvalue weighted by Gasteiger charge is -2.23. The highest BCUT2D eigenvalue weighted by Crippen LogP contribution is 2.24. The van der Waals surface area contributed by atoms with Crippen molar-refractivity contribution < 1.29 is 19.4 Å². The molecule has 0 aliphatic carbocycles. The topological polar surface area (TPSA) is 75.6 Å². The van der Waals surface area contributed by atoms with Gasteiger partial charge >= 0.3 is 5.97 Å². The van der Waals surface area contributed by atoms with E-state index in [2.05, 4.69) is 10.1 Å². The molecule has 2 rings (SSSR count). The Labute approximate surface area is 141 Å². The molecule has 0 aromatic heterocycles. The number of nitrogens with one attached hydrogen (secondary N) is 1. The molecule has 24 heavy (non-hydrogen) atoms. The average molecular weight is 329 g/mol. The summed E-state index contributed by atoms with van der Waals surface area (Å²) in [6.07, 6.45) is -0.392. The van der Waals surface area contributed by atoms with E-state index >= 15 is 0 Å². The maximum absolute atomic E-state index is 12.2. The van der Waals surface area contributed by atoms with Crippen LogP contribution in [-0.2, 0) is 14.3 Å². The fourth-order valence-electron chi connectivity index (χ4n) is 2.79. The number of amides is 1. The zero-order valence-electron chi connectivity index (χ0n) is 14.2. The van der Waals surface area contributed by atoms with Gasteiger partial charge in [-0.15, -0.1) is 0 Å². The summed E-state index contributed by atoms with van der Waals surface area (Å²) in [4.78, 5) is 23.5. The Hall–Kier alpha value is -2.40. The van der Waals surface area contributed by atoms with Gasteiger partial charge in [0.15, 0.2) is 0 Å². The quantitative estimate of drug-likeness (QED) is 0.799. The van der Waals surface area contributed by atoms with E-state index in [1.807, 2.05) is 49.4 Å². The van der Waals surface area contributed by atoms with Crippen LogP contribution in [0, 0.1) is 0 Å². The van der Waals surface area contributed by atoms with Crippen LogP contribution in [0.25, 0.3) is 10.8 Å². The Morgan fingerprint density at radius 1 is 1.17 bits per heavy atom. The summed E-state index contributed by atoms with van der Waals surface area (Å²) in [5.74, 6) is -0.862. The van der Waals surface area contributed by atoms with Crippen LogP contribution in [0.2, 0.25) is 0 Å². The number of fused-ring (bicyclic) bond motifs is 1. The number of methoxy groups -OCH3 is 1. The van der Waals surface area contributed by atoms with Crippen molar-refractivity contribution in [2.24, 2.45) is 0 Å². The summed E-state index contributed by atoms with van der Waals surface area (Å²) >= 11 is 0. The fraction of sp³-hybridized carbons (Fsp3) is 0.368. The summed E-state index contributed by atoms with van der Waals surface area (Å²) in [6.45, 7) is 3.35. The van der Waals surface area contributed by atoms with Crippen molar-refractivity contribution >= 4 is 22.6 Å². The van der Waals surface area contributed by atoms with Gasteiger partial charge in [0.1, 0.15) is 0 Å². The lowest BCUT2D eigenvalue weighted by atomic mass is 9.96. The van der Waals surface area contributed by atoms with Crippen molar-refractivity contribution in [3.8, 4) is 0 Å². The summed E-state index contributed by atoms with van der Waals surface area (Å²) in [7, 11) is 1.25. The summed E-state index contributed by atoms with van der Waals surface area (Å²) in [5.41, 5.74) is -0.426. The molecule has 5 heteroatoms. The molecule has 0 spiro atoms. The number of carbonyl (C=O) groups is 2. The van der Waals surface area contributed by atoms with Crippen molar-refractivity contribution in [1.82, 2.24) is 5.32 Å². The first-order chi connectivity index (χ1) is 11.3. The van der Waals surface area contributed by atoms with Crippen molar-refractivity contribution in [2.45, 2.75) is 38.3 Å². The van der Waals surface area contributed by atoms with E-state index in [9.17, 15) is 14.7 Å². The highest BCUT2D eigenvalue weighted by molar-refractivity contribution is 5.87. The lowest BCUT2D eigenvalue weighted by Crippen LogP contribution is -2.37. The second-order valence-corrected chi connectivity index (χ2v) is 6.28. The molecule has 0 saturated heterocycles. The number of ether oxygens (including phenoxy) is 1. The highest BCUT2D eigenvalue weighted by atomic mass is 16.5. The Kier molecular flexibility index (Phi) is 5.57. The second kappa shape index (κ2) is 7.45. The first-order valence-corrected chi connectivity index (χ1v) is 7.88. The van der Waals surface area contributed by atoms with Crippen LogP contribution < -0.4 is 5.32 Å². The van der Waals surface area contributed by atoms with Gasteiger partial charge in [0.05, 0.1) is 31.6 Å². The van der Waals surface area contributed by atoms with Gasteiger partial charge in [0.25, 0.3) is 0 Å². The summed E-state index contributed by atoms with van der Waals surface area (Å²) in [6, 6.07) is 13.7. The molecule has 5 nitrogen and oxygen atoms in total. The molecule has 2 atom stereocenters. The molecule has 0 bridgehead atoms. The van der Waals surface area contributed by atoms with Gasteiger partial charge in [0.2, 0.25) is 5.91 Å². The molecule has 0 radical (unpaired) electrons. The normalized spacial score (nSPS) is 14.7. The number of hydrogen-bond acceptors (Lipinski definition) is 4. The Balaban J connectivity index is 2.07. The zero-order valence-corrected chi connectivity index (χ0v) is 14.2. The van der Waals surface area contributed by atoms with Gasteiger partial charge in [-0.05, 0) is 30.2 Å². The Morgan fingerprint density at radius 2 is 1.83 bits per heavy atom. The minimum atomic E-state index is -1.43. The third-order valence-electron chi connectivity index (χ3n) is 3.96. The summed E-state index contributed by atoms with van der Waals surface area (Å²) < 4.78 is 4.54. The van der Waals surface area contributed by atoms with E-state index in [1.165, 1.54) is 14.0 Å². The van der Waals surface area contributed by atoms with E-state index < -0.39 is 11.6 Å². The third-order valence-corrected chi connectivity index (χ3v) is 3.96. The molecule has 0 fully saturated rings. The largest absolute Gasteiger partial charge is 0.469 e.